The first-order valence-corrected chi connectivity index (χ1v) is 27.3. The Morgan fingerprint density at radius 2 is 1.01 bits per heavy atom. The van der Waals surface area contributed by atoms with Crippen LogP contribution in [-0.4, -0.2) is 126 Å². The molecular formula is C55H103N7O10. The van der Waals surface area contributed by atoms with E-state index in [-0.39, 0.29) is 100 Å². The van der Waals surface area contributed by atoms with Crippen LogP contribution in [0.1, 0.15) is 173 Å². The third kappa shape index (κ3) is 29.9. The number of ketones is 4. The van der Waals surface area contributed by atoms with Gasteiger partial charge in [-0.1, -0.05) is 89.5 Å². The standard InChI is InChI=1S/C55H103N7O10/c1-13-15-22-60-38-45(63)42(33-48(66)61-27-25-58-23-20-56)35-53(7,8)47(65)32-44(51(69)62-28-26-59-24-21-57)37-55(11,12)50(68)43(34-49(67)71-29-16-18-39(3)4)36-54(9,10)46(64)31-41(14-2)52(70)72-30-17-19-40(5)6/h39-44,58-60H,13-38,56-57H2,1-12H3,(H,61,66)(H,62,69). The van der Waals surface area contributed by atoms with Crippen molar-refractivity contribution in [1.82, 2.24) is 26.6 Å². The van der Waals surface area contributed by atoms with Crippen molar-refractivity contribution in [2.75, 3.05) is 78.7 Å². The van der Waals surface area contributed by atoms with Crippen molar-refractivity contribution in [1.29, 1.82) is 0 Å². The second-order valence-corrected chi connectivity index (χ2v) is 22.7. The Balaban J connectivity index is 6.85. The van der Waals surface area contributed by atoms with Crippen LogP contribution < -0.4 is 38.1 Å². The van der Waals surface area contributed by atoms with Gasteiger partial charge in [0.1, 0.15) is 23.1 Å². The largest absolute Gasteiger partial charge is 0.466 e. The second-order valence-electron chi connectivity index (χ2n) is 22.7. The van der Waals surface area contributed by atoms with Crippen molar-refractivity contribution >= 4 is 46.9 Å². The van der Waals surface area contributed by atoms with Gasteiger partial charge in [0.2, 0.25) is 11.8 Å². The maximum atomic E-state index is 15.0. The molecule has 17 heteroatoms. The minimum atomic E-state index is -1.29. The molecule has 0 spiro atoms. The van der Waals surface area contributed by atoms with Gasteiger partial charge < -0.3 is 47.5 Å². The van der Waals surface area contributed by atoms with Gasteiger partial charge in [-0.15, -0.1) is 0 Å². The van der Waals surface area contributed by atoms with Crippen molar-refractivity contribution in [3.63, 3.8) is 0 Å². The zero-order valence-electron chi connectivity index (χ0n) is 47.1. The number of esters is 2. The third-order valence-electron chi connectivity index (χ3n) is 13.4. The predicted molar refractivity (Wildman–Crippen MR) is 286 cm³/mol. The van der Waals surface area contributed by atoms with E-state index in [4.69, 9.17) is 20.9 Å². The van der Waals surface area contributed by atoms with E-state index in [2.05, 4.69) is 54.3 Å². The van der Waals surface area contributed by atoms with Gasteiger partial charge in [0.25, 0.3) is 0 Å². The van der Waals surface area contributed by atoms with Crippen LogP contribution in [0.2, 0.25) is 0 Å². The molecule has 0 aliphatic carbocycles. The fraction of sp³-hybridized carbons (Fsp3) is 0.855. The first-order chi connectivity index (χ1) is 33.8. The Morgan fingerprint density at radius 1 is 0.514 bits per heavy atom. The number of amides is 2. The molecule has 0 saturated carbocycles. The Kier molecular flexibility index (Phi) is 35.3. The summed E-state index contributed by atoms with van der Waals surface area (Å²) in [5.41, 5.74) is 7.60. The molecule has 4 atom stereocenters. The lowest BCUT2D eigenvalue weighted by Gasteiger charge is -2.35. The summed E-state index contributed by atoms with van der Waals surface area (Å²) in [5.74, 6) is -5.47. The number of unbranched alkanes of at least 4 members (excludes halogenated alkanes) is 1. The van der Waals surface area contributed by atoms with Crippen molar-refractivity contribution in [3.8, 4) is 0 Å². The van der Waals surface area contributed by atoms with Crippen molar-refractivity contribution in [3.05, 3.63) is 0 Å². The lowest BCUT2D eigenvalue weighted by atomic mass is 9.67. The van der Waals surface area contributed by atoms with Gasteiger partial charge in [0.05, 0.1) is 32.1 Å². The Labute approximate surface area is 434 Å². The Bertz CT molecular complexity index is 1630. The number of rotatable bonds is 45. The average molecular weight is 1020 g/mol. The molecule has 0 aliphatic rings. The summed E-state index contributed by atoms with van der Waals surface area (Å²) in [4.78, 5) is 111. The number of carbonyl (C=O) groups is 8. The molecule has 0 aliphatic heterocycles. The van der Waals surface area contributed by atoms with Crippen LogP contribution in [0, 0.1) is 51.8 Å². The normalized spacial score (nSPS) is 13.8. The van der Waals surface area contributed by atoms with Crippen LogP contribution in [0.5, 0.6) is 0 Å². The highest BCUT2D eigenvalue weighted by Crippen LogP contribution is 2.40. The number of carbonyl (C=O) groups excluding carboxylic acids is 8. The first-order valence-electron chi connectivity index (χ1n) is 27.3. The number of hydrogen-bond donors (Lipinski definition) is 7. The molecule has 418 valence electrons. The van der Waals surface area contributed by atoms with E-state index >= 15 is 4.79 Å². The number of hydrogen-bond acceptors (Lipinski definition) is 15. The van der Waals surface area contributed by atoms with E-state index in [9.17, 15) is 33.6 Å². The highest BCUT2D eigenvalue weighted by Gasteiger charge is 2.44. The topological polar surface area (TPSA) is 267 Å². The number of Topliss-reactive ketones (excluding diaryl/α,β-unsaturated/α-hetero) is 4. The molecule has 0 aromatic rings. The molecule has 0 bridgehead atoms. The molecule has 2 amide bonds. The minimum absolute atomic E-state index is 0.0226. The van der Waals surface area contributed by atoms with Crippen LogP contribution in [0.25, 0.3) is 0 Å². The maximum Gasteiger partial charge on any atom is 0.309 e. The van der Waals surface area contributed by atoms with Crippen LogP contribution >= 0.6 is 0 Å². The monoisotopic (exact) mass is 1020 g/mol. The Morgan fingerprint density at radius 3 is 1.53 bits per heavy atom. The summed E-state index contributed by atoms with van der Waals surface area (Å²) in [6, 6.07) is 0. The number of nitrogens with two attached hydrogens (primary N) is 2. The molecule has 0 heterocycles. The molecular weight excluding hydrogens is 919 g/mol. The highest BCUT2D eigenvalue weighted by molar-refractivity contribution is 5.94. The van der Waals surface area contributed by atoms with Gasteiger partial charge in [-0.2, -0.15) is 0 Å². The summed E-state index contributed by atoms with van der Waals surface area (Å²) in [7, 11) is 0. The highest BCUT2D eigenvalue weighted by atomic mass is 16.5. The molecule has 9 N–H and O–H groups in total. The van der Waals surface area contributed by atoms with Crippen LogP contribution in [0.15, 0.2) is 0 Å². The molecule has 17 nitrogen and oxygen atoms in total. The SMILES string of the molecule is CCCCNCC(=O)C(CC(=O)NCCNCCN)CC(C)(C)C(=O)CC(CC(C)(C)C(=O)C(CC(=O)OCCCC(C)C)CC(C)(C)C(=O)CC(CC)C(=O)OCCCC(C)C)C(=O)NCCNCCN. The number of nitrogens with one attached hydrogen (secondary N) is 5. The van der Waals surface area contributed by atoms with E-state index < -0.39 is 57.8 Å². The van der Waals surface area contributed by atoms with Gasteiger partial charge in [0, 0.05) is 106 Å². The van der Waals surface area contributed by atoms with E-state index in [1.54, 1.807) is 41.5 Å². The second kappa shape index (κ2) is 37.1. The molecule has 0 radical (unpaired) electrons. The van der Waals surface area contributed by atoms with Gasteiger partial charge in [-0.05, 0) is 76.2 Å². The van der Waals surface area contributed by atoms with Crippen molar-refractivity contribution in [2.45, 2.75) is 173 Å². The first kappa shape index (κ1) is 68.4. The predicted octanol–water partition coefficient (Wildman–Crippen LogP) is 5.62. The summed E-state index contributed by atoms with van der Waals surface area (Å²) < 4.78 is 11.2. The van der Waals surface area contributed by atoms with Gasteiger partial charge >= 0.3 is 11.9 Å². The lowest BCUT2D eigenvalue weighted by molar-refractivity contribution is -0.152. The molecule has 0 aromatic heterocycles. The van der Waals surface area contributed by atoms with Crippen LogP contribution in [0.3, 0.4) is 0 Å². The fourth-order valence-electron chi connectivity index (χ4n) is 8.77. The van der Waals surface area contributed by atoms with Crippen molar-refractivity contribution in [2.24, 2.45) is 63.2 Å². The number of ether oxygens (including phenoxy) is 2. The summed E-state index contributed by atoms with van der Waals surface area (Å²) >= 11 is 0. The quantitative estimate of drug-likeness (QED) is 0.0288. The van der Waals surface area contributed by atoms with Gasteiger partial charge in [-0.3, -0.25) is 38.4 Å². The molecule has 4 unspecified atom stereocenters. The zero-order valence-corrected chi connectivity index (χ0v) is 47.1. The fourth-order valence-corrected chi connectivity index (χ4v) is 8.77. The van der Waals surface area contributed by atoms with E-state index in [1.807, 2.05) is 13.8 Å². The Hall–Kier alpha value is -3.64. The smallest absolute Gasteiger partial charge is 0.309 e. The summed E-state index contributed by atoms with van der Waals surface area (Å²) in [6.45, 7) is 27.1. The summed E-state index contributed by atoms with van der Waals surface area (Å²) in [5, 5.41) is 15.2. The maximum absolute atomic E-state index is 15.0. The summed E-state index contributed by atoms with van der Waals surface area (Å²) in [6.07, 6.45) is 4.52. The van der Waals surface area contributed by atoms with E-state index in [0.717, 1.165) is 32.1 Å². The van der Waals surface area contributed by atoms with E-state index in [0.29, 0.717) is 77.0 Å². The molecule has 0 rings (SSSR count). The van der Waals surface area contributed by atoms with Crippen LogP contribution in [-0.2, 0) is 47.8 Å². The molecule has 72 heavy (non-hydrogen) atoms. The molecule has 0 saturated heterocycles. The molecule has 0 aromatic carbocycles. The zero-order chi connectivity index (χ0) is 54.9. The lowest BCUT2D eigenvalue weighted by Crippen LogP contribution is -2.44. The van der Waals surface area contributed by atoms with E-state index in [1.165, 1.54) is 0 Å². The van der Waals surface area contributed by atoms with Gasteiger partial charge in [0.15, 0.2) is 0 Å². The van der Waals surface area contributed by atoms with Gasteiger partial charge in [-0.25, -0.2) is 0 Å². The van der Waals surface area contributed by atoms with Crippen LogP contribution in [0.4, 0.5) is 0 Å². The minimum Gasteiger partial charge on any atom is -0.466 e. The van der Waals surface area contributed by atoms with Crippen molar-refractivity contribution < 1.29 is 47.8 Å². The average Bonchev–Trinajstić information content (AvgIpc) is 3.30. The molecule has 0 fully saturated rings. The third-order valence-corrected chi connectivity index (χ3v) is 13.4.